The number of rotatable bonds is 5. The Labute approximate surface area is 174 Å². The van der Waals surface area contributed by atoms with Crippen LogP contribution in [0.4, 0.5) is 10.1 Å². The zero-order chi connectivity index (χ0) is 21.3. The van der Waals surface area contributed by atoms with Gasteiger partial charge >= 0.3 is 0 Å². The zero-order valence-corrected chi connectivity index (χ0v) is 16.4. The number of anilines is 1. The molecule has 3 unspecified atom stereocenters. The molecule has 30 heavy (non-hydrogen) atoms. The minimum atomic E-state index is -1.14. The molecular weight excluding hydrogens is 381 g/mol. The van der Waals surface area contributed by atoms with E-state index in [2.05, 4.69) is 0 Å². The molecule has 5 heteroatoms. The maximum Gasteiger partial charge on any atom is 0.239 e. The Kier molecular flexibility index (Phi) is 5.27. The van der Waals surface area contributed by atoms with Crippen LogP contribution in [-0.4, -0.2) is 23.5 Å². The van der Waals surface area contributed by atoms with Gasteiger partial charge in [-0.1, -0.05) is 48.5 Å². The van der Waals surface area contributed by atoms with Gasteiger partial charge in [0, 0.05) is 11.3 Å². The molecule has 3 atom stereocenters. The van der Waals surface area contributed by atoms with Crippen LogP contribution in [0, 0.1) is 11.7 Å². The first-order valence-corrected chi connectivity index (χ1v) is 9.75. The highest BCUT2D eigenvalue weighted by molar-refractivity contribution is 6.23. The molecule has 4 nitrogen and oxygen atoms in total. The average molecular weight is 401 g/mol. The van der Waals surface area contributed by atoms with Crippen LogP contribution in [0.3, 0.4) is 0 Å². The number of hydrogen-bond donors (Lipinski definition) is 0. The first-order chi connectivity index (χ1) is 14.5. The molecule has 0 aliphatic carbocycles. The Balaban J connectivity index is 1.79. The second-order valence-corrected chi connectivity index (χ2v) is 7.36. The second kappa shape index (κ2) is 8.03. The van der Waals surface area contributed by atoms with Gasteiger partial charge in [-0.2, -0.15) is 0 Å². The number of Topliss-reactive ketones (excluding diaryl/α,β-unsaturated/α-hetero) is 2. The Bertz CT molecular complexity index is 1080. The molecule has 0 saturated carbocycles. The molecule has 0 N–H and O–H groups in total. The van der Waals surface area contributed by atoms with E-state index in [9.17, 15) is 18.8 Å². The van der Waals surface area contributed by atoms with Crippen molar-refractivity contribution >= 4 is 23.2 Å². The smallest absolute Gasteiger partial charge is 0.239 e. The lowest BCUT2D eigenvalue weighted by Crippen LogP contribution is -2.34. The van der Waals surface area contributed by atoms with E-state index >= 15 is 0 Å². The third kappa shape index (κ3) is 3.43. The standard InChI is InChI=1S/C25H20FNO3/c1-16-23(28)22(25(30)27(16)20-10-6-3-7-11-20)21(17-8-4-2-5-9-17)24(29)18-12-14-19(26)15-13-18/h2-16,21-22H,1H3. The number of hydrogen-bond acceptors (Lipinski definition) is 3. The normalized spacial score (nSPS) is 19.7. The summed E-state index contributed by atoms with van der Waals surface area (Å²) in [6.45, 7) is 1.68. The molecule has 1 amide bonds. The largest absolute Gasteiger partial charge is 0.302 e. The van der Waals surface area contributed by atoms with E-state index in [0.29, 0.717) is 11.3 Å². The maximum atomic E-state index is 13.4. The highest BCUT2D eigenvalue weighted by Gasteiger charge is 2.51. The van der Waals surface area contributed by atoms with Gasteiger partial charge in [-0.25, -0.2) is 4.39 Å². The molecule has 3 aromatic carbocycles. The summed E-state index contributed by atoms with van der Waals surface area (Å²) in [6, 6.07) is 22.3. The number of para-hydroxylation sites is 1. The van der Waals surface area contributed by atoms with Gasteiger partial charge in [-0.3, -0.25) is 14.4 Å². The molecule has 3 aromatic rings. The van der Waals surface area contributed by atoms with Crippen LogP contribution in [-0.2, 0) is 9.59 Å². The predicted molar refractivity (Wildman–Crippen MR) is 112 cm³/mol. The number of benzene rings is 3. The van der Waals surface area contributed by atoms with E-state index < -0.39 is 29.6 Å². The lowest BCUT2D eigenvalue weighted by atomic mass is 9.78. The van der Waals surface area contributed by atoms with Crippen LogP contribution < -0.4 is 4.90 Å². The monoisotopic (exact) mass is 401 g/mol. The SMILES string of the molecule is CC1C(=O)C(C(C(=O)c2ccc(F)cc2)c2ccccc2)C(=O)N1c1ccccc1. The van der Waals surface area contributed by atoms with Gasteiger partial charge in [-0.05, 0) is 48.9 Å². The first-order valence-electron chi connectivity index (χ1n) is 9.75. The van der Waals surface area contributed by atoms with E-state index in [1.54, 1.807) is 61.5 Å². The Morgan fingerprint density at radius 2 is 1.43 bits per heavy atom. The van der Waals surface area contributed by atoms with Crippen LogP contribution in [0.5, 0.6) is 0 Å². The van der Waals surface area contributed by atoms with Gasteiger partial charge in [0.25, 0.3) is 0 Å². The number of nitrogens with zero attached hydrogens (tertiary/aromatic N) is 1. The number of halogens is 1. The number of carbonyl (C=O) groups excluding carboxylic acids is 3. The summed E-state index contributed by atoms with van der Waals surface area (Å²) >= 11 is 0. The summed E-state index contributed by atoms with van der Waals surface area (Å²) < 4.78 is 13.4. The lowest BCUT2D eigenvalue weighted by Gasteiger charge is -2.22. The molecule has 150 valence electrons. The summed E-state index contributed by atoms with van der Waals surface area (Å²) in [6.07, 6.45) is 0. The van der Waals surface area contributed by atoms with Crippen molar-refractivity contribution in [3.05, 3.63) is 102 Å². The molecule has 1 aliphatic heterocycles. The van der Waals surface area contributed by atoms with Gasteiger partial charge in [0.05, 0.1) is 12.0 Å². The molecule has 0 bridgehead atoms. The van der Waals surface area contributed by atoms with E-state index in [0.717, 1.165) is 0 Å². The van der Waals surface area contributed by atoms with E-state index in [1.807, 2.05) is 6.07 Å². The van der Waals surface area contributed by atoms with E-state index in [4.69, 9.17) is 0 Å². The van der Waals surface area contributed by atoms with Crippen LogP contribution >= 0.6 is 0 Å². The van der Waals surface area contributed by atoms with Crippen LogP contribution in [0.2, 0.25) is 0 Å². The molecular formula is C25H20FNO3. The molecule has 1 heterocycles. The third-order valence-electron chi connectivity index (χ3n) is 5.55. The molecule has 4 rings (SSSR count). The number of ketones is 2. The van der Waals surface area contributed by atoms with Crippen molar-refractivity contribution < 1.29 is 18.8 Å². The zero-order valence-electron chi connectivity index (χ0n) is 16.4. The van der Waals surface area contributed by atoms with Crippen LogP contribution in [0.1, 0.15) is 28.8 Å². The summed E-state index contributed by atoms with van der Waals surface area (Å²) in [5.41, 5.74) is 1.46. The minimum absolute atomic E-state index is 0.261. The van der Waals surface area contributed by atoms with Crippen molar-refractivity contribution in [2.45, 2.75) is 18.9 Å². The Morgan fingerprint density at radius 1 is 0.867 bits per heavy atom. The molecule has 1 fully saturated rings. The van der Waals surface area contributed by atoms with Gasteiger partial charge in [0.2, 0.25) is 5.91 Å². The highest BCUT2D eigenvalue weighted by atomic mass is 19.1. The molecule has 0 spiro atoms. The fourth-order valence-corrected chi connectivity index (χ4v) is 4.05. The quantitative estimate of drug-likeness (QED) is 0.470. The average Bonchev–Trinajstić information content (AvgIpc) is 2.99. The third-order valence-corrected chi connectivity index (χ3v) is 5.55. The summed E-state index contributed by atoms with van der Waals surface area (Å²) in [4.78, 5) is 41.6. The summed E-state index contributed by atoms with van der Waals surface area (Å²) in [5, 5.41) is 0. The fourth-order valence-electron chi connectivity index (χ4n) is 4.05. The number of amides is 1. The van der Waals surface area contributed by atoms with Crippen molar-refractivity contribution in [3.63, 3.8) is 0 Å². The van der Waals surface area contributed by atoms with Gasteiger partial charge in [-0.15, -0.1) is 0 Å². The maximum absolute atomic E-state index is 13.4. The van der Waals surface area contributed by atoms with E-state index in [-0.39, 0.29) is 17.1 Å². The van der Waals surface area contributed by atoms with Gasteiger partial charge < -0.3 is 4.90 Å². The first kappa shape index (κ1) is 19.7. The highest BCUT2D eigenvalue weighted by Crippen LogP contribution is 2.38. The fraction of sp³-hybridized carbons (Fsp3) is 0.160. The van der Waals surface area contributed by atoms with Gasteiger partial charge in [0.1, 0.15) is 11.7 Å². The van der Waals surface area contributed by atoms with Crippen molar-refractivity contribution in [2.24, 2.45) is 5.92 Å². The summed E-state index contributed by atoms with van der Waals surface area (Å²) in [5.74, 6) is -3.65. The van der Waals surface area contributed by atoms with Crippen molar-refractivity contribution in [1.82, 2.24) is 0 Å². The van der Waals surface area contributed by atoms with Crippen molar-refractivity contribution in [2.75, 3.05) is 4.90 Å². The Hall–Kier alpha value is -3.60. The number of carbonyl (C=O) groups is 3. The van der Waals surface area contributed by atoms with Gasteiger partial charge in [0.15, 0.2) is 11.6 Å². The predicted octanol–water partition coefficient (Wildman–Crippen LogP) is 4.41. The van der Waals surface area contributed by atoms with Crippen LogP contribution in [0.15, 0.2) is 84.9 Å². The molecule has 1 saturated heterocycles. The van der Waals surface area contributed by atoms with Crippen molar-refractivity contribution in [3.8, 4) is 0 Å². The molecule has 0 radical (unpaired) electrons. The second-order valence-electron chi connectivity index (χ2n) is 7.36. The molecule has 0 aromatic heterocycles. The van der Waals surface area contributed by atoms with Crippen molar-refractivity contribution in [1.29, 1.82) is 0 Å². The summed E-state index contributed by atoms with van der Waals surface area (Å²) in [7, 11) is 0. The van der Waals surface area contributed by atoms with E-state index in [1.165, 1.54) is 29.2 Å². The lowest BCUT2D eigenvalue weighted by molar-refractivity contribution is -0.127. The van der Waals surface area contributed by atoms with Crippen LogP contribution in [0.25, 0.3) is 0 Å². The minimum Gasteiger partial charge on any atom is -0.302 e. The topological polar surface area (TPSA) is 54.5 Å². The molecule has 1 aliphatic rings. The Morgan fingerprint density at radius 3 is 2.03 bits per heavy atom.